The normalized spacial score (nSPS) is 10.8. The van der Waals surface area contributed by atoms with E-state index in [4.69, 9.17) is 0 Å². The highest BCUT2D eigenvalue weighted by Gasteiger charge is 2.03. The summed E-state index contributed by atoms with van der Waals surface area (Å²) < 4.78 is 14.6. The zero-order chi connectivity index (χ0) is 11.0. The summed E-state index contributed by atoms with van der Waals surface area (Å²) in [4.78, 5) is 0. The van der Waals surface area contributed by atoms with Crippen LogP contribution < -0.4 is 0 Å². The first-order valence-corrected chi connectivity index (χ1v) is 5.03. The maximum absolute atomic E-state index is 12.8. The topological polar surface area (TPSA) is 17.3 Å². The van der Waals surface area contributed by atoms with E-state index in [9.17, 15) is 4.39 Å². The van der Waals surface area contributed by atoms with Gasteiger partial charge in [-0.25, -0.2) is 8.91 Å². The number of rotatable bonds is 1. The van der Waals surface area contributed by atoms with E-state index in [1.807, 2.05) is 30.5 Å². The third-order valence-corrected chi connectivity index (χ3v) is 2.51. The number of aromatic nitrogens is 2. The highest BCUT2D eigenvalue weighted by molar-refractivity contribution is 5.65. The molecule has 2 aromatic heterocycles. The van der Waals surface area contributed by atoms with Crippen molar-refractivity contribution in [3.63, 3.8) is 0 Å². The van der Waals surface area contributed by atoms with Crippen molar-refractivity contribution < 1.29 is 4.39 Å². The van der Waals surface area contributed by atoms with Crippen molar-refractivity contribution >= 4 is 5.52 Å². The lowest BCUT2D eigenvalue weighted by Crippen LogP contribution is -1.85. The van der Waals surface area contributed by atoms with Gasteiger partial charge in [0.15, 0.2) is 0 Å². The molecule has 78 valence electrons. The monoisotopic (exact) mass is 212 g/mol. The Kier molecular flexibility index (Phi) is 1.96. The molecule has 0 aliphatic heterocycles. The summed E-state index contributed by atoms with van der Waals surface area (Å²) in [6, 6.07) is 14.2. The van der Waals surface area contributed by atoms with Crippen LogP contribution in [0.25, 0.3) is 16.8 Å². The SMILES string of the molecule is Fc1ccc(-c2cc3ccccn3n2)cc1. The van der Waals surface area contributed by atoms with Crippen LogP contribution in [0.5, 0.6) is 0 Å². The molecule has 0 amide bonds. The maximum Gasteiger partial charge on any atom is 0.123 e. The van der Waals surface area contributed by atoms with Crippen molar-refractivity contribution in [1.29, 1.82) is 0 Å². The van der Waals surface area contributed by atoms with Gasteiger partial charge in [0, 0.05) is 11.8 Å². The van der Waals surface area contributed by atoms with E-state index in [1.165, 1.54) is 12.1 Å². The summed E-state index contributed by atoms with van der Waals surface area (Å²) in [5, 5.41) is 4.41. The predicted molar refractivity (Wildman–Crippen MR) is 60.6 cm³/mol. The molecule has 0 saturated carbocycles. The molecule has 0 bridgehead atoms. The fourth-order valence-corrected chi connectivity index (χ4v) is 1.70. The lowest BCUT2D eigenvalue weighted by molar-refractivity contribution is 0.628. The van der Waals surface area contributed by atoms with Gasteiger partial charge in [-0.3, -0.25) is 0 Å². The van der Waals surface area contributed by atoms with E-state index in [0.717, 1.165) is 16.8 Å². The third-order valence-electron chi connectivity index (χ3n) is 2.51. The summed E-state index contributed by atoms with van der Waals surface area (Å²) in [5.74, 6) is -0.229. The number of nitrogens with zero attached hydrogens (tertiary/aromatic N) is 2. The van der Waals surface area contributed by atoms with Gasteiger partial charge in [-0.05, 0) is 42.5 Å². The molecular formula is C13H9FN2. The summed E-state index contributed by atoms with van der Waals surface area (Å²) >= 11 is 0. The highest BCUT2D eigenvalue weighted by atomic mass is 19.1. The first kappa shape index (κ1) is 9.09. The van der Waals surface area contributed by atoms with Gasteiger partial charge in [0.25, 0.3) is 0 Å². The number of fused-ring (bicyclic) bond motifs is 1. The number of benzene rings is 1. The van der Waals surface area contributed by atoms with Crippen molar-refractivity contribution in [3.8, 4) is 11.3 Å². The van der Waals surface area contributed by atoms with Crippen LogP contribution >= 0.6 is 0 Å². The fourth-order valence-electron chi connectivity index (χ4n) is 1.70. The molecule has 0 unspecified atom stereocenters. The van der Waals surface area contributed by atoms with Crippen molar-refractivity contribution in [2.45, 2.75) is 0 Å². The van der Waals surface area contributed by atoms with Crippen molar-refractivity contribution in [2.24, 2.45) is 0 Å². The number of halogens is 1. The van der Waals surface area contributed by atoms with Crippen LogP contribution in [-0.2, 0) is 0 Å². The van der Waals surface area contributed by atoms with E-state index in [1.54, 1.807) is 16.6 Å². The van der Waals surface area contributed by atoms with Gasteiger partial charge in [-0.2, -0.15) is 5.10 Å². The Morgan fingerprint density at radius 2 is 1.81 bits per heavy atom. The molecule has 0 spiro atoms. The smallest absolute Gasteiger partial charge is 0.123 e. The minimum atomic E-state index is -0.229. The molecule has 3 aromatic rings. The number of hydrogen-bond acceptors (Lipinski definition) is 1. The van der Waals surface area contributed by atoms with Crippen LogP contribution in [-0.4, -0.2) is 9.61 Å². The molecular weight excluding hydrogens is 203 g/mol. The first-order chi connectivity index (χ1) is 7.83. The molecule has 1 aromatic carbocycles. The van der Waals surface area contributed by atoms with Gasteiger partial charge in [-0.15, -0.1) is 0 Å². The minimum absolute atomic E-state index is 0.229. The second-order valence-electron chi connectivity index (χ2n) is 3.61. The summed E-state index contributed by atoms with van der Waals surface area (Å²) in [6.07, 6.45) is 1.89. The van der Waals surface area contributed by atoms with Crippen LogP contribution in [0.1, 0.15) is 0 Å². The van der Waals surface area contributed by atoms with Crippen LogP contribution in [0.2, 0.25) is 0 Å². The largest absolute Gasteiger partial charge is 0.240 e. The Bertz CT molecular complexity index is 593. The van der Waals surface area contributed by atoms with E-state index in [0.29, 0.717) is 0 Å². The predicted octanol–water partition coefficient (Wildman–Crippen LogP) is 3.14. The molecule has 16 heavy (non-hydrogen) atoms. The van der Waals surface area contributed by atoms with E-state index in [-0.39, 0.29) is 5.82 Å². The Morgan fingerprint density at radius 1 is 1.00 bits per heavy atom. The van der Waals surface area contributed by atoms with Gasteiger partial charge in [0.1, 0.15) is 5.82 Å². The highest BCUT2D eigenvalue weighted by Crippen LogP contribution is 2.19. The second kappa shape index (κ2) is 3.45. The van der Waals surface area contributed by atoms with Crippen LogP contribution in [0.4, 0.5) is 4.39 Å². The van der Waals surface area contributed by atoms with E-state index >= 15 is 0 Å². The molecule has 0 aliphatic carbocycles. The van der Waals surface area contributed by atoms with Crippen molar-refractivity contribution in [3.05, 3.63) is 60.5 Å². The van der Waals surface area contributed by atoms with Crippen LogP contribution in [0, 0.1) is 5.82 Å². The quantitative estimate of drug-likeness (QED) is 0.605. The summed E-state index contributed by atoms with van der Waals surface area (Å²) in [5.41, 5.74) is 2.80. The molecule has 0 saturated heterocycles. The summed E-state index contributed by atoms with van der Waals surface area (Å²) in [7, 11) is 0. The van der Waals surface area contributed by atoms with Gasteiger partial charge in [-0.1, -0.05) is 6.07 Å². The van der Waals surface area contributed by atoms with Gasteiger partial charge >= 0.3 is 0 Å². The fraction of sp³-hybridized carbons (Fsp3) is 0. The molecule has 2 nitrogen and oxygen atoms in total. The van der Waals surface area contributed by atoms with Crippen LogP contribution in [0.15, 0.2) is 54.7 Å². The van der Waals surface area contributed by atoms with Crippen molar-refractivity contribution in [2.75, 3.05) is 0 Å². The maximum atomic E-state index is 12.8. The molecule has 0 N–H and O–H groups in total. The molecule has 2 heterocycles. The molecule has 0 atom stereocenters. The molecule has 0 fully saturated rings. The first-order valence-electron chi connectivity index (χ1n) is 5.03. The van der Waals surface area contributed by atoms with Gasteiger partial charge < -0.3 is 0 Å². The number of hydrogen-bond donors (Lipinski definition) is 0. The minimum Gasteiger partial charge on any atom is -0.240 e. The number of pyridine rings is 1. The molecule has 3 rings (SSSR count). The van der Waals surface area contributed by atoms with Crippen LogP contribution in [0.3, 0.4) is 0 Å². The van der Waals surface area contributed by atoms with E-state index < -0.39 is 0 Å². The van der Waals surface area contributed by atoms with Gasteiger partial charge in [0.05, 0.1) is 11.2 Å². The average Bonchev–Trinajstić information content (AvgIpc) is 2.73. The average molecular weight is 212 g/mol. The Labute approximate surface area is 92.0 Å². The molecule has 3 heteroatoms. The molecule has 0 radical (unpaired) electrons. The third kappa shape index (κ3) is 1.46. The second-order valence-corrected chi connectivity index (χ2v) is 3.61. The Morgan fingerprint density at radius 3 is 2.56 bits per heavy atom. The standard InChI is InChI=1S/C13H9FN2/c14-11-6-4-10(5-7-11)13-9-12-3-1-2-8-16(12)15-13/h1-9H. The van der Waals surface area contributed by atoms with Crippen molar-refractivity contribution in [1.82, 2.24) is 9.61 Å². The Hall–Kier alpha value is -2.16. The zero-order valence-corrected chi connectivity index (χ0v) is 8.47. The van der Waals surface area contributed by atoms with E-state index in [2.05, 4.69) is 5.10 Å². The lowest BCUT2D eigenvalue weighted by Gasteiger charge is -1.94. The lowest BCUT2D eigenvalue weighted by atomic mass is 10.1. The Balaban J connectivity index is 2.15. The zero-order valence-electron chi connectivity index (χ0n) is 8.47. The van der Waals surface area contributed by atoms with Gasteiger partial charge in [0.2, 0.25) is 0 Å². The summed E-state index contributed by atoms with van der Waals surface area (Å²) in [6.45, 7) is 0. The molecule has 0 aliphatic rings.